The molecule has 0 atom stereocenters. The third kappa shape index (κ3) is 4.02. The molecule has 1 N–H and O–H groups in total. The number of sulfonamides is 1. The molecule has 3 aromatic rings. The Kier molecular flexibility index (Phi) is 5.48. The van der Waals surface area contributed by atoms with Crippen molar-refractivity contribution in [1.29, 1.82) is 0 Å². The van der Waals surface area contributed by atoms with Crippen molar-refractivity contribution in [3.05, 3.63) is 63.5 Å². The molecule has 162 valence electrons. The fourth-order valence-electron chi connectivity index (χ4n) is 3.84. The number of benzene rings is 2. The average molecular weight is 442 g/mol. The molecule has 0 saturated heterocycles. The van der Waals surface area contributed by atoms with Gasteiger partial charge in [0.15, 0.2) is 5.82 Å². The quantitative estimate of drug-likeness (QED) is 0.472. The number of non-ortho nitro benzene ring substituents is 1. The van der Waals surface area contributed by atoms with Crippen molar-refractivity contribution < 1.29 is 13.3 Å². The summed E-state index contributed by atoms with van der Waals surface area (Å²) < 4.78 is 31.1. The van der Waals surface area contributed by atoms with E-state index in [4.69, 9.17) is 0 Å². The summed E-state index contributed by atoms with van der Waals surface area (Å²) in [5, 5.41) is 19.9. The highest BCUT2D eigenvalue weighted by atomic mass is 32.2. The highest BCUT2D eigenvalue weighted by molar-refractivity contribution is 7.92. The van der Waals surface area contributed by atoms with Gasteiger partial charge in [0.2, 0.25) is 0 Å². The van der Waals surface area contributed by atoms with E-state index in [0.717, 1.165) is 44.1 Å². The standard InChI is InChI=1S/C21H23N5O4S/c1-14-12-16(26(27)28)13-19(15(14)2)31(29,30)24-18-9-6-5-8-17(18)21-23-22-20-10-4-3-7-11-25(20)21/h5-6,8-9,12-13,24H,3-4,7,10-11H2,1-2H3. The van der Waals surface area contributed by atoms with Gasteiger partial charge in [-0.05, 0) is 49.9 Å². The maximum atomic E-state index is 13.2. The number of fused-ring (bicyclic) bond motifs is 1. The largest absolute Gasteiger partial charge is 0.311 e. The van der Waals surface area contributed by atoms with E-state index < -0.39 is 14.9 Å². The van der Waals surface area contributed by atoms with E-state index in [-0.39, 0.29) is 10.6 Å². The molecule has 0 unspecified atom stereocenters. The van der Waals surface area contributed by atoms with Crippen molar-refractivity contribution in [2.75, 3.05) is 4.72 Å². The predicted molar refractivity (Wildman–Crippen MR) is 116 cm³/mol. The number of hydrogen-bond donors (Lipinski definition) is 1. The van der Waals surface area contributed by atoms with Crippen LogP contribution >= 0.6 is 0 Å². The van der Waals surface area contributed by atoms with E-state index in [2.05, 4.69) is 14.9 Å². The molecule has 0 fully saturated rings. The Hall–Kier alpha value is -3.27. The normalized spacial score (nSPS) is 14.0. The first-order valence-electron chi connectivity index (χ1n) is 10.1. The molecule has 10 heteroatoms. The van der Waals surface area contributed by atoms with Gasteiger partial charge in [0.25, 0.3) is 15.7 Å². The Bertz CT molecular complexity index is 1270. The van der Waals surface area contributed by atoms with E-state index in [0.29, 0.717) is 28.2 Å². The maximum Gasteiger partial charge on any atom is 0.271 e. The number of nitro benzene ring substituents is 1. The van der Waals surface area contributed by atoms with E-state index in [1.807, 2.05) is 10.6 Å². The van der Waals surface area contributed by atoms with Crippen LogP contribution in [0.4, 0.5) is 11.4 Å². The van der Waals surface area contributed by atoms with Gasteiger partial charge in [-0.2, -0.15) is 0 Å². The molecule has 0 radical (unpaired) electrons. The first kappa shape index (κ1) is 21.0. The lowest BCUT2D eigenvalue weighted by Crippen LogP contribution is -2.16. The van der Waals surface area contributed by atoms with Crippen molar-refractivity contribution in [2.24, 2.45) is 0 Å². The molecule has 2 heterocycles. The second kappa shape index (κ2) is 8.10. The zero-order valence-corrected chi connectivity index (χ0v) is 18.1. The molecule has 0 saturated carbocycles. The van der Waals surface area contributed by atoms with Crippen molar-refractivity contribution in [2.45, 2.75) is 51.0 Å². The molecular formula is C21H23N5O4S. The third-order valence-electron chi connectivity index (χ3n) is 5.63. The molecule has 4 rings (SSSR count). The van der Waals surface area contributed by atoms with Crippen LogP contribution in [0, 0.1) is 24.0 Å². The van der Waals surface area contributed by atoms with Crippen molar-refractivity contribution in [3.63, 3.8) is 0 Å². The summed E-state index contributed by atoms with van der Waals surface area (Å²) in [5.74, 6) is 1.51. The van der Waals surface area contributed by atoms with Gasteiger partial charge >= 0.3 is 0 Å². The zero-order valence-electron chi connectivity index (χ0n) is 17.3. The zero-order chi connectivity index (χ0) is 22.2. The minimum Gasteiger partial charge on any atom is -0.311 e. The van der Waals surface area contributed by atoms with Gasteiger partial charge in [0, 0.05) is 30.7 Å². The molecule has 0 aliphatic carbocycles. The maximum absolute atomic E-state index is 13.2. The smallest absolute Gasteiger partial charge is 0.271 e. The first-order valence-corrected chi connectivity index (χ1v) is 11.6. The van der Waals surface area contributed by atoms with E-state index in [1.54, 1.807) is 32.0 Å². The molecule has 0 amide bonds. The highest BCUT2D eigenvalue weighted by Crippen LogP contribution is 2.32. The number of nitro groups is 1. The number of aryl methyl sites for hydroxylation is 2. The summed E-state index contributed by atoms with van der Waals surface area (Å²) in [6.45, 7) is 4.07. The van der Waals surface area contributed by atoms with Crippen LogP contribution in [0.25, 0.3) is 11.4 Å². The fraction of sp³-hybridized carbons (Fsp3) is 0.333. The minimum atomic E-state index is -4.08. The van der Waals surface area contributed by atoms with E-state index in [9.17, 15) is 18.5 Å². The molecule has 0 bridgehead atoms. The molecule has 1 aromatic heterocycles. The molecular weight excluding hydrogens is 418 g/mol. The van der Waals surface area contributed by atoms with Crippen LogP contribution < -0.4 is 4.72 Å². The van der Waals surface area contributed by atoms with Crippen LogP contribution in [0.15, 0.2) is 41.3 Å². The lowest BCUT2D eigenvalue weighted by Gasteiger charge is -2.15. The number of aromatic nitrogens is 3. The second-order valence-corrected chi connectivity index (χ2v) is 9.35. The van der Waals surface area contributed by atoms with E-state index >= 15 is 0 Å². The number of anilines is 1. The number of nitrogens with one attached hydrogen (secondary N) is 1. The summed E-state index contributed by atoms with van der Waals surface area (Å²) >= 11 is 0. The predicted octanol–water partition coefficient (Wildman–Crippen LogP) is 4.00. The average Bonchev–Trinajstić information content (AvgIpc) is 2.97. The van der Waals surface area contributed by atoms with Gasteiger partial charge < -0.3 is 4.57 Å². The monoisotopic (exact) mass is 441 g/mol. The van der Waals surface area contributed by atoms with Crippen LogP contribution in [0.5, 0.6) is 0 Å². The lowest BCUT2D eigenvalue weighted by atomic mass is 10.1. The van der Waals surface area contributed by atoms with Crippen LogP contribution in [-0.2, 0) is 23.0 Å². The number of rotatable bonds is 5. The fourth-order valence-corrected chi connectivity index (χ4v) is 5.26. The van der Waals surface area contributed by atoms with Crippen LogP contribution in [0.2, 0.25) is 0 Å². The molecule has 0 spiro atoms. The Morgan fingerprint density at radius 1 is 1.10 bits per heavy atom. The number of nitrogens with zero attached hydrogens (tertiary/aromatic N) is 4. The van der Waals surface area contributed by atoms with Crippen LogP contribution in [0.3, 0.4) is 0 Å². The highest BCUT2D eigenvalue weighted by Gasteiger charge is 2.25. The minimum absolute atomic E-state index is 0.117. The molecule has 1 aliphatic heterocycles. The Morgan fingerprint density at radius 2 is 1.87 bits per heavy atom. The Balaban J connectivity index is 1.77. The third-order valence-corrected chi connectivity index (χ3v) is 7.12. The topological polar surface area (TPSA) is 120 Å². The second-order valence-electron chi connectivity index (χ2n) is 7.70. The summed E-state index contributed by atoms with van der Waals surface area (Å²) in [6.07, 6.45) is 4.02. The van der Waals surface area contributed by atoms with Crippen molar-refractivity contribution >= 4 is 21.4 Å². The van der Waals surface area contributed by atoms with Gasteiger partial charge in [0.05, 0.1) is 15.5 Å². The molecule has 31 heavy (non-hydrogen) atoms. The van der Waals surface area contributed by atoms with Crippen LogP contribution in [0.1, 0.15) is 36.2 Å². The SMILES string of the molecule is Cc1cc([N+](=O)[O-])cc(S(=O)(=O)Nc2ccccc2-c2nnc3n2CCCCC3)c1C. The van der Waals surface area contributed by atoms with Crippen molar-refractivity contribution in [1.82, 2.24) is 14.8 Å². The number of para-hydroxylation sites is 1. The van der Waals surface area contributed by atoms with Crippen molar-refractivity contribution in [3.8, 4) is 11.4 Å². The number of hydrogen-bond acceptors (Lipinski definition) is 6. The Labute approximate surface area is 180 Å². The molecule has 1 aliphatic rings. The lowest BCUT2D eigenvalue weighted by molar-refractivity contribution is -0.385. The van der Waals surface area contributed by atoms with Gasteiger partial charge in [0.1, 0.15) is 5.82 Å². The van der Waals surface area contributed by atoms with Gasteiger partial charge in [-0.3, -0.25) is 14.8 Å². The van der Waals surface area contributed by atoms with Gasteiger partial charge in [-0.15, -0.1) is 10.2 Å². The summed E-state index contributed by atoms with van der Waals surface area (Å²) in [4.78, 5) is 10.5. The summed E-state index contributed by atoms with van der Waals surface area (Å²) in [7, 11) is -4.08. The molecule has 2 aromatic carbocycles. The first-order chi connectivity index (χ1) is 14.8. The molecule has 9 nitrogen and oxygen atoms in total. The summed E-state index contributed by atoms with van der Waals surface area (Å²) in [6, 6.07) is 9.46. The van der Waals surface area contributed by atoms with E-state index in [1.165, 1.54) is 6.07 Å². The summed E-state index contributed by atoms with van der Waals surface area (Å²) in [5.41, 5.74) is 1.70. The van der Waals surface area contributed by atoms with Crippen LogP contribution in [-0.4, -0.2) is 28.1 Å². The van der Waals surface area contributed by atoms with Gasteiger partial charge in [-0.25, -0.2) is 8.42 Å². The Morgan fingerprint density at radius 3 is 2.65 bits per heavy atom. The van der Waals surface area contributed by atoms with Gasteiger partial charge in [-0.1, -0.05) is 18.6 Å².